The summed E-state index contributed by atoms with van der Waals surface area (Å²) in [5, 5.41) is 0. The lowest BCUT2D eigenvalue weighted by molar-refractivity contribution is 0.0693. The quantitative estimate of drug-likeness (QED) is 0.546. The van der Waals surface area contributed by atoms with Gasteiger partial charge in [-0.2, -0.15) is 0 Å². The second kappa shape index (κ2) is 2.71. The molecule has 0 radical (unpaired) electrons. The third-order valence-electron chi connectivity index (χ3n) is 3.05. The minimum atomic E-state index is 0.323. The van der Waals surface area contributed by atoms with E-state index >= 15 is 0 Å². The van der Waals surface area contributed by atoms with Crippen LogP contribution in [-0.4, -0.2) is 35.7 Å². The molecule has 0 aliphatic carbocycles. The molecule has 2 rings (SSSR count). The van der Waals surface area contributed by atoms with Gasteiger partial charge in [-0.1, -0.05) is 0 Å². The van der Waals surface area contributed by atoms with Crippen molar-refractivity contribution in [2.45, 2.75) is 51.3 Å². The second-order valence-corrected chi connectivity index (χ2v) is 5.00. The summed E-state index contributed by atoms with van der Waals surface area (Å²) in [5.41, 5.74) is 0.323. The number of piperidine rings is 1. The molecule has 2 heteroatoms. The van der Waals surface area contributed by atoms with Gasteiger partial charge >= 0.3 is 0 Å². The zero-order chi connectivity index (χ0) is 8.77. The highest BCUT2D eigenvalue weighted by atomic mass is 16.5. The van der Waals surface area contributed by atoms with E-state index in [0.717, 1.165) is 6.61 Å². The van der Waals surface area contributed by atoms with Crippen molar-refractivity contribution in [1.29, 1.82) is 0 Å². The van der Waals surface area contributed by atoms with E-state index in [1.165, 1.54) is 19.4 Å². The van der Waals surface area contributed by atoms with Gasteiger partial charge in [-0.3, -0.25) is 4.90 Å². The first kappa shape index (κ1) is 8.52. The van der Waals surface area contributed by atoms with Crippen molar-refractivity contribution >= 4 is 0 Å². The van der Waals surface area contributed by atoms with Crippen LogP contribution in [0.3, 0.4) is 0 Å². The van der Waals surface area contributed by atoms with E-state index in [4.69, 9.17) is 4.74 Å². The summed E-state index contributed by atoms with van der Waals surface area (Å²) in [5.74, 6) is 0. The van der Waals surface area contributed by atoms with Crippen LogP contribution in [0.1, 0.15) is 33.6 Å². The highest BCUT2D eigenvalue weighted by Crippen LogP contribution is 2.31. The Morgan fingerprint density at radius 3 is 2.75 bits per heavy atom. The fourth-order valence-electron chi connectivity index (χ4n) is 2.45. The molecule has 0 aromatic carbocycles. The molecule has 2 unspecified atom stereocenters. The maximum Gasteiger partial charge on any atom is 0.0626 e. The van der Waals surface area contributed by atoms with E-state index in [0.29, 0.717) is 17.7 Å². The van der Waals surface area contributed by atoms with Gasteiger partial charge in [0.25, 0.3) is 0 Å². The first-order chi connectivity index (χ1) is 5.57. The Bertz CT molecular complexity index is 173. The van der Waals surface area contributed by atoms with Gasteiger partial charge in [0.15, 0.2) is 0 Å². The SMILES string of the molecule is CC(C)(C)N1CCC2CC1CO2. The van der Waals surface area contributed by atoms with E-state index in [-0.39, 0.29) is 0 Å². The van der Waals surface area contributed by atoms with Crippen molar-refractivity contribution < 1.29 is 4.74 Å². The van der Waals surface area contributed by atoms with Crippen molar-refractivity contribution in [3.05, 3.63) is 0 Å². The molecule has 2 aliphatic rings. The molecule has 2 bridgehead atoms. The Morgan fingerprint density at radius 2 is 2.08 bits per heavy atom. The number of rotatable bonds is 0. The predicted molar refractivity (Wildman–Crippen MR) is 49.2 cm³/mol. The maximum atomic E-state index is 5.66. The van der Waals surface area contributed by atoms with Crippen LogP contribution in [0.25, 0.3) is 0 Å². The maximum absolute atomic E-state index is 5.66. The number of hydrogen-bond acceptors (Lipinski definition) is 2. The van der Waals surface area contributed by atoms with Crippen molar-refractivity contribution in [3.8, 4) is 0 Å². The molecule has 0 aromatic heterocycles. The van der Waals surface area contributed by atoms with Crippen molar-refractivity contribution in [2.75, 3.05) is 13.2 Å². The highest BCUT2D eigenvalue weighted by molar-refractivity contribution is 4.92. The Hall–Kier alpha value is -0.0800. The average Bonchev–Trinajstić information content (AvgIpc) is 2.30. The molecule has 0 spiro atoms. The molecule has 2 nitrogen and oxygen atoms in total. The molecule has 0 saturated carbocycles. The van der Waals surface area contributed by atoms with Gasteiger partial charge < -0.3 is 4.74 Å². The lowest BCUT2D eigenvalue weighted by Gasteiger charge is -2.41. The number of likely N-dealkylation sites (tertiary alicyclic amines) is 1. The third-order valence-corrected chi connectivity index (χ3v) is 3.05. The zero-order valence-corrected chi connectivity index (χ0v) is 8.34. The molecule has 2 fully saturated rings. The van der Waals surface area contributed by atoms with Gasteiger partial charge in [0.2, 0.25) is 0 Å². The molecular formula is C10H19NO. The number of ether oxygens (including phenoxy) is 1. The molecule has 0 N–H and O–H groups in total. The van der Waals surface area contributed by atoms with Gasteiger partial charge in [-0.05, 0) is 33.6 Å². The summed E-state index contributed by atoms with van der Waals surface area (Å²) < 4.78 is 5.66. The molecule has 2 heterocycles. The van der Waals surface area contributed by atoms with E-state index < -0.39 is 0 Å². The number of hydrogen-bond donors (Lipinski definition) is 0. The minimum absolute atomic E-state index is 0.323. The molecule has 12 heavy (non-hydrogen) atoms. The van der Waals surface area contributed by atoms with E-state index in [9.17, 15) is 0 Å². The Morgan fingerprint density at radius 1 is 1.33 bits per heavy atom. The van der Waals surface area contributed by atoms with Gasteiger partial charge in [0, 0.05) is 18.1 Å². The molecule has 0 aromatic rings. The normalized spacial score (nSPS) is 37.2. The van der Waals surface area contributed by atoms with Gasteiger partial charge in [0.1, 0.15) is 0 Å². The van der Waals surface area contributed by atoms with Crippen LogP contribution >= 0.6 is 0 Å². The van der Waals surface area contributed by atoms with Crippen LogP contribution in [0.15, 0.2) is 0 Å². The second-order valence-electron chi connectivity index (χ2n) is 5.00. The summed E-state index contributed by atoms with van der Waals surface area (Å²) >= 11 is 0. The lowest BCUT2D eigenvalue weighted by atomic mass is 9.95. The molecule has 70 valence electrons. The van der Waals surface area contributed by atoms with Crippen LogP contribution in [-0.2, 0) is 4.74 Å². The van der Waals surface area contributed by atoms with Gasteiger partial charge in [-0.15, -0.1) is 0 Å². The first-order valence-corrected chi connectivity index (χ1v) is 4.96. The molecule has 2 atom stereocenters. The molecule has 2 saturated heterocycles. The Labute approximate surface area is 74.9 Å². The predicted octanol–water partition coefficient (Wildman–Crippen LogP) is 1.65. The number of fused-ring (bicyclic) bond motifs is 2. The van der Waals surface area contributed by atoms with Crippen LogP contribution in [0.4, 0.5) is 0 Å². The summed E-state index contributed by atoms with van der Waals surface area (Å²) in [6.45, 7) is 9.07. The Balaban J connectivity index is 2.07. The van der Waals surface area contributed by atoms with Gasteiger partial charge in [0.05, 0.1) is 12.7 Å². The van der Waals surface area contributed by atoms with Crippen LogP contribution in [0.5, 0.6) is 0 Å². The van der Waals surface area contributed by atoms with E-state index in [1.54, 1.807) is 0 Å². The first-order valence-electron chi connectivity index (χ1n) is 4.96. The van der Waals surface area contributed by atoms with Crippen LogP contribution in [0, 0.1) is 0 Å². The summed E-state index contributed by atoms with van der Waals surface area (Å²) in [6, 6.07) is 0.698. The lowest BCUT2D eigenvalue weighted by Crippen LogP contribution is -2.51. The molecule has 2 aliphatic heterocycles. The summed E-state index contributed by atoms with van der Waals surface area (Å²) in [6.07, 6.45) is 3.07. The topological polar surface area (TPSA) is 12.5 Å². The van der Waals surface area contributed by atoms with E-state index in [2.05, 4.69) is 25.7 Å². The standard InChI is InChI=1S/C10H19NO/c1-10(2,3)11-5-4-9-6-8(11)7-12-9/h8-9H,4-7H2,1-3H3. The Kier molecular flexibility index (Phi) is 1.92. The molecular weight excluding hydrogens is 150 g/mol. The fraction of sp³-hybridized carbons (Fsp3) is 1.00. The van der Waals surface area contributed by atoms with Crippen LogP contribution in [0.2, 0.25) is 0 Å². The monoisotopic (exact) mass is 169 g/mol. The zero-order valence-electron chi connectivity index (χ0n) is 8.34. The average molecular weight is 169 g/mol. The smallest absolute Gasteiger partial charge is 0.0626 e. The van der Waals surface area contributed by atoms with Crippen molar-refractivity contribution in [3.63, 3.8) is 0 Å². The highest BCUT2D eigenvalue weighted by Gasteiger charge is 2.39. The third kappa shape index (κ3) is 1.38. The largest absolute Gasteiger partial charge is 0.376 e. The van der Waals surface area contributed by atoms with E-state index in [1.807, 2.05) is 0 Å². The van der Waals surface area contributed by atoms with Crippen molar-refractivity contribution in [1.82, 2.24) is 4.90 Å². The summed E-state index contributed by atoms with van der Waals surface area (Å²) in [4.78, 5) is 2.59. The summed E-state index contributed by atoms with van der Waals surface area (Å²) in [7, 11) is 0. The van der Waals surface area contributed by atoms with Crippen molar-refractivity contribution in [2.24, 2.45) is 0 Å². The fourth-order valence-corrected chi connectivity index (χ4v) is 2.45. The minimum Gasteiger partial charge on any atom is -0.376 e. The number of nitrogens with zero attached hydrogens (tertiary/aromatic N) is 1. The molecule has 0 amide bonds. The van der Waals surface area contributed by atoms with Crippen LogP contribution < -0.4 is 0 Å². The van der Waals surface area contributed by atoms with Gasteiger partial charge in [-0.25, -0.2) is 0 Å².